The van der Waals surface area contributed by atoms with Gasteiger partial charge < -0.3 is 10.6 Å². The highest BCUT2D eigenvalue weighted by atomic mass is 35.5. The number of rotatable bonds is 4. The minimum absolute atomic E-state index is 0.0715. The van der Waals surface area contributed by atoms with Crippen molar-refractivity contribution in [1.29, 1.82) is 0 Å². The van der Waals surface area contributed by atoms with Crippen LogP contribution in [0.25, 0.3) is 0 Å². The van der Waals surface area contributed by atoms with E-state index in [0.717, 1.165) is 5.56 Å². The quantitative estimate of drug-likeness (QED) is 0.888. The van der Waals surface area contributed by atoms with Crippen LogP contribution in [-0.4, -0.2) is 18.0 Å². The summed E-state index contributed by atoms with van der Waals surface area (Å²) in [4.78, 5) is 11.8. The van der Waals surface area contributed by atoms with Gasteiger partial charge in [0.25, 0.3) is 0 Å². The summed E-state index contributed by atoms with van der Waals surface area (Å²) in [6.45, 7) is 7.50. The number of aryl methyl sites for hydroxylation is 1. The van der Waals surface area contributed by atoms with E-state index in [1.807, 2.05) is 20.8 Å². The predicted molar refractivity (Wildman–Crippen MR) is 77.6 cm³/mol. The SMILES string of the molecule is Cc1cc(Cl)c(NC(C)C(=O)NC(C)C)cc1Cl. The van der Waals surface area contributed by atoms with Gasteiger partial charge in [0.2, 0.25) is 5.91 Å². The van der Waals surface area contributed by atoms with Gasteiger partial charge in [0.15, 0.2) is 0 Å². The van der Waals surface area contributed by atoms with Gasteiger partial charge in [-0.25, -0.2) is 0 Å². The summed E-state index contributed by atoms with van der Waals surface area (Å²) < 4.78 is 0. The van der Waals surface area contributed by atoms with Crippen LogP contribution in [0, 0.1) is 6.92 Å². The maximum atomic E-state index is 11.8. The van der Waals surface area contributed by atoms with Crippen molar-refractivity contribution in [2.24, 2.45) is 0 Å². The molecule has 0 saturated heterocycles. The van der Waals surface area contributed by atoms with E-state index >= 15 is 0 Å². The fourth-order valence-electron chi connectivity index (χ4n) is 1.47. The minimum atomic E-state index is -0.372. The number of carbonyl (C=O) groups is 1. The number of anilines is 1. The van der Waals surface area contributed by atoms with Crippen LogP contribution in [0.3, 0.4) is 0 Å². The predicted octanol–water partition coefficient (Wildman–Crippen LogP) is 3.63. The number of hydrogen-bond acceptors (Lipinski definition) is 2. The molecule has 1 amide bonds. The average Bonchev–Trinajstić information content (AvgIpc) is 2.24. The fraction of sp³-hybridized carbons (Fsp3) is 0.462. The first-order valence-corrected chi connectivity index (χ1v) is 6.59. The van der Waals surface area contributed by atoms with Crippen molar-refractivity contribution in [3.05, 3.63) is 27.7 Å². The topological polar surface area (TPSA) is 41.1 Å². The van der Waals surface area contributed by atoms with Crippen LogP contribution >= 0.6 is 23.2 Å². The zero-order valence-corrected chi connectivity index (χ0v) is 12.5. The Balaban J connectivity index is 2.79. The summed E-state index contributed by atoms with van der Waals surface area (Å²) in [5.41, 5.74) is 1.57. The average molecular weight is 289 g/mol. The van der Waals surface area contributed by atoms with E-state index in [4.69, 9.17) is 23.2 Å². The molecule has 100 valence electrons. The van der Waals surface area contributed by atoms with Crippen molar-refractivity contribution < 1.29 is 4.79 Å². The largest absolute Gasteiger partial charge is 0.373 e. The van der Waals surface area contributed by atoms with E-state index in [0.29, 0.717) is 15.7 Å². The molecule has 0 aliphatic rings. The Hall–Kier alpha value is -0.930. The molecule has 0 aliphatic carbocycles. The maximum Gasteiger partial charge on any atom is 0.242 e. The van der Waals surface area contributed by atoms with Crippen molar-refractivity contribution in [2.45, 2.75) is 39.8 Å². The highest BCUT2D eigenvalue weighted by Gasteiger charge is 2.15. The molecule has 0 saturated carbocycles. The number of nitrogens with one attached hydrogen (secondary N) is 2. The molecular formula is C13H18Cl2N2O. The number of amides is 1. The van der Waals surface area contributed by atoms with Crippen LogP contribution in [0.5, 0.6) is 0 Å². The van der Waals surface area contributed by atoms with Crippen LogP contribution in [0.2, 0.25) is 10.0 Å². The Morgan fingerprint density at radius 1 is 1.17 bits per heavy atom. The molecule has 0 aliphatic heterocycles. The molecular weight excluding hydrogens is 271 g/mol. The molecule has 1 unspecified atom stereocenters. The molecule has 0 bridgehead atoms. The van der Waals surface area contributed by atoms with Crippen LogP contribution in [0.4, 0.5) is 5.69 Å². The van der Waals surface area contributed by atoms with Crippen molar-refractivity contribution in [3.63, 3.8) is 0 Å². The number of carbonyl (C=O) groups excluding carboxylic acids is 1. The molecule has 0 heterocycles. The molecule has 0 aromatic heterocycles. The summed E-state index contributed by atoms with van der Waals surface area (Å²) >= 11 is 12.1. The van der Waals surface area contributed by atoms with Crippen molar-refractivity contribution >= 4 is 34.8 Å². The number of benzene rings is 1. The summed E-state index contributed by atoms with van der Waals surface area (Å²) in [7, 11) is 0. The summed E-state index contributed by atoms with van der Waals surface area (Å²) in [5.74, 6) is -0.0715. The van der Waals surface area contributed by atoms with Gasteiger partial charge in [-0.15, -0.1) is 0 Å². The van der Waals surface area contributed by atoms with Crippen molar-refractivity contribution in [3.8, 4) is 0 Å². The highest BCUT2D eigenvalue weighted by Crippen LogP contribution is 2.29. The first-order chi connectivity index (χ1) is 8.31. The molecule has 1 aromatic rings. The number of halogens is 2. The molecule has 1 aromatic carbocycles. The zero-order chi connectivity index (χ0) is 13.9. The Kier molecular flexibility index (Phi) is 5.29. The van der Waals surface area contributed by atoms with Crippen LogP contribution in [-0.2, 0) is 4.79 Å². The molecule has 0 spiro atoms. The summed E-state index contributed by atoms with van der Waals surface area (Å²) in [5, 5.41) is 7.07. The molecule has 1 rings (SSSR count). The lowest BCUT2D eigenvalue weighted by Gasteiger charge is -2.18. The van der Waals surface area contributed by atoms with E-state index in [1.54, 1.807) is 19.1 Å². The van der Waals surface area contributed by atoms with Gasteiger partial charge in [0.1, 0.15) is 6.04 Å². The monoisotopic (exact) mass is 288 g/mol. The second-order valence-electron chi connectivity index (χ2n) is 4.61. The van der Waals surface area contributed by atoms with Gasteiger partial charge in [-0.05, 0) is 45.4 Å². The first kappa shape index (κ1) is 15.1. The molecule has 1 atom stereocenters. The van der Waals surface area contributed by atoms with E-state index < -0.39 is 0 Å². The lowest BCUT2D eigenvalue weighted by atomic mass is 10.2. The minimum Gasteiger partial charge on any atom is -0.373 e. The van der Waals surface area contributed by atoms with Crippen LogP contribution in [0.15, 0.2) is 12.1 Å². The van der Waals surface area contributed by atoms with Crippen molar-refractivity contribution in [2.75, 3.05) is 5.32 Å². The van der Waals surface area contributed by atoms with E-state index in [2.05, 4.69) is 10.6 Å². The second-order valence-corrected chi connectivity index (χ2v) is 5.42. The normalized spacial score (nSPS) is 12.4. The Morgan fingerprint density at radius 3 is 2.33 bits per heavy atom. The van der Waals surface area contributed by atoms with Crippen molar-refractivity contribution in [1.82, 2.24) is 5.32 Å². The first-order valence-electron chi connectivity index (χ1n) is 5.83. The third-order valence-corrected chi connectivity index (χ3v) is 3.16. The maximum absolute atomic E-state index is 11.8. The lowest BCUT2D eigenvalue weighted by Crippen LogP contribution is -2.41. The lowest BCUT2D eigenvalue weighted by molar-refractivity contribution is -0.122. The molecule has 0 fully saturated rings. The zero-order valence-electron chi connectivity index (χ0n) is 11.0. The highest BCUT2D eigenvalue weighted by molar-refractivity contribution is 6.35. The molecule has 2 N–H and O–H groups in total. The van der Waals surface area contributed by atoms with Crippen LogP contribution in [0.1, 0.15) is 26.3 Å². The van der Waals surface area contributed by atoms with E-state index in [9.17, 15) is 4.79 Å². The van der Waals surface area contributed by atoms with Gasteiger partial charge in [-0.3, -0.25) is 4.79 Å². The molecule has 0 radical (unpaired) electrons. The van der Waals surface area contributed by atoms with E-state index in [-0.39, 0.29) is 18.0 Å². The Labute approximate surface area is 118 Å². The molecule has 18 heavy (non-hydrogen) atoms. The van der Waals surface area contributed by atoms with Gasteiger partial charge >= 0.3 is 0 Å². The standard InChI is InChI=1S/C13H18Cl2N2O/c1-7(2)16-13(18)9(4)17-12-6-10(14)8(3)5-11(12)15/h5-7,9,17H,1-4H3,(H,16,18). The third kappa shape index (κ3) is 4.07. The van der Waals surface area contributed by atoms with Gasteiger partial charge in [0, 0.05) is 11.1 Å². The third-order valence-electron chi connectivity index (χ3n) is 2.44. The molecule has 5 heteroatoms. The Morgan fingerprint density at radius 2 is 1.78 bits per heavy atom. The summed E-state index contributed by atoms with van der Waals surface area (Å²) in [6.07, 6.45) is 0. The van der Waals surface area contributed by atoms with E-state index in [1.165, 1.54) is 0 Å². The number of hydrogen-bond donors (Lipinski definition) is 2. The van der Waals surface area contributed by atoms with Gasteiger partial charge in [0.05, 0.1) is 10.7 Å². The smallest absolute Gasteiger partial charge is 0.242 e. The Bertz CT molecular complexity index is 447. The molecule has 3 nitrogen and oxygen atoms in total. The fourth-order valence-corrected chi connectivity index (χ4v) is 1.90. The van der Waals surface area contributed by atoms with Gasteiger partial charge in [-0.2, -0.15) is 0 Å². The second kappa shape index (κ2) is 6.30. The van der Waals surface area contributed by atoms with Gasteiger partial charge in [-0.1, -0.05) is 23.2 Å². The van der Waals surface area contributed by atoms with Crippen LogP contribution < -0.4 is 10.6 Å². The summed E-state index contributed by atoms with van der Waals surface area (Å²) in [6, 6.07) is 3.25.